The molecule has 1 N–H and O–H groups in total. The summed E-state index contributed by atoms with van der Waals surface area (Å²) in [4.78, 5) is 14.4. The molecule has 1 aliphatic carbocycles. The van der Waals surface area contributed by atoms with E-state index in [1.165, 1.54) is 0 Å². The van der Waals surface area contributed by atoms with Crippen LogP contribution in [0.15, 0.2) is 54.6 Å². The number of para-hydroxylation sites is 1. The molecule has 5 rings (SSSR count). The van der Waals surface area contributed by atoms with Crippen molar-refractivity contribution in [2.45, 2.75) is 50.3 Å². The molecule has 7 heteroatoms. The Balaban J connectivity index is 1.14. The van der Waals surface area contributed by atoms with Crippen LogP contribution in [0.1, 0.15) is 37.3 Å². The van der Waals surface area contributed by atoms with Crippen LogP contribution in [0.2, 0.25) is 0 Å². The zero-order valence-electron chi connectivity index (χ0n) is 16.1. The van der Waals surface area contributed by atoms with Crippen LogP contribution in [0.5, 0.6) is 5.75 Å². The van der Waals surface area contributed by atoms with Crippen molar-refractivity contribution in [1.82, 2.24) is 25.5 Å². The van der Waals surface area contributed by atoms with Crippen LogP contribution in [-0.2, 0) is 11.2 Å². The number of carbonyl (C=O) groups is 1. The number of tetrazole rings is 1. The van der Waals surface area contributed by atoms with Crippen LogP contribution in [0, 0.1) is 0 Å². The molecule has 0 radical (unpaired) electrons. The zero-order valence-corrected chi connectivity index (χ0v) is 16.1. The number of nitrogens with one attached hydrogen (secondary N) is 1. The van der Waals surface area contributed by atoms with Crippen molar-refractivity contribution in [1.29, 1.82) is 0 Å². The van der Waals surface area contributed by atoms with Gasteiger partial charge >= 0.3 is 0 Å². The fourth-order valence-electron chi connectivity index (χ4n) is 4.16. The lowest BCUT2D eigenvalue weighted by atomic mass is 9.91. The van der Waals surface area contributed by atoms with Crippen molar-refractivity contribution >= 4 is 5.91 Å². The second kappa shape index (κ2) is 7.66. The summed E-state index contributed by atoms with van der Waals surface area (Å²) in [6, 6.07) is 18.1. The lowest BCUT2D eigenvalue weighted by molar-refractivity contribution is -0.128. The van der Waals surface area contributed by atoms with Crippen LogP contribution in [-0.4, -0.2) is 38.3 Å². The highest BCUT2D eigenvalue weighted by molar-refractivity contribution is 5.82. The monoisotopic (exact) mass is 389 g/mol. The molecule has 0 bridgehead atoms. The maximum absolute atomic E-state index is 12.6. The van der Waals surface area contributed by atoms with E-state index in [0.717, 1.165) is 42.6 Å². The van der Waals surface area contributed by atoms with Crippen LogP contribution in [0.3, 0.4) is 0 Å². The number of nitrogens with zero attached hydrogens (tertiary/aromatic N) is 4. The molecule has 0 saturated heterocycles. The standard InChI is InChI=1S/C22H23N5O2/c28-22(20-14-16-8-4-5-9-19(16)29-20)23-17-10-12-18(13-11-17)27-25-21(24-26-27)15-6-2-1-3-7-15/h1-9,17-18,20H,10-14H2,(H,23,28). The van der Waals surface area contributed by atoms with E-state index in [0.29, 0.717) is 12.2 Å². The third kappa shape index (κ3) is 3.72. The number of hydrogen-bond acceptors (Lipinski definition) is 5. The first-order chi connectivity index (χ1) is 14.3. The van der Waals surface area contributed by atoms with E-state index in [2.05, 4.69) is 20.7 Å². The van der Waals surface area contributed by atoms with Gasteiger partial charge in [-0.3, -0.25) is 4.79 Å². The molecule has 2 aromatic carbocycles. The Bertz CT molecular complexity index is 970. The summed E-state index contributed by atoms with van der Waals surface area (Å²) in [6.45, 7) is 0. The molecule has 0 spiro atoms. The van der Waals surface area contributed by atoms with Crippen LogP contribution in [0.25, 0.3) is 11.4 Å². The van der Waals surface area contributed by atoms with E-state index < -0.39 is 6.10 Å². The molecular weight excluding hydrogens is 366 g/mol. The van der Waals surface area contributed by atoms with Gasteiger partial charge in [0.25, 0.3) is 5.91 Å². The molecule has 2 aliphatic rings. The highest BCUT2D eigenvalue weighted by atomic mass is 16.5. The van der Waals surface area contributed by atoms with Crippen LogP contribution >= 0.6 is 0 Å². The normalized spacial score (nSPS) is 23.2. The Morgan fingerprint density at radius 3 is 2.55 bits per heavy atom. The Kier molecular flexibility index (Phi) is 4.71. The number of amides is 1. The maximum Gasteiger partial charge on any atom is 0.261 e. The van der Waals surface area contributed by atoms with Crippen molar-refractivity contribution in [3.05, 3.63) is 60.2 Å². The number of hydrogen-bond donors (Lipinski definition) is 1. The number of ether oxygens (including phenoxy) is 1. The third-order valence-corrected chi connectivity index (χ3v) is 5.77. The molecule has 1 atom stereocenters. The van der Waals surface area contributed by atoms with Gasteiger partial charge in [0, 0.05) is 18.0 Å². The molecule has 1 aliphatic heterocycles. The zero-order chi connectivity index (χ0) is 19.6. The van der Waals surface area contributed by atoms with Gasteiger partial charge in [-0.2, -0.15) is 4.80 Å². The summed E-state index contributed by atoms with van der Waals surface area (Å²) in [5.41, 5.74) is 2.07. The van der Waals surface area contributed by atoms with E-state index in [4.69, 9.17) is 4.74 Å². The third-order valence-electron chi connectivity index (χ3n) is 5.77. The molecule has 1 amide bonds. The molecule has 29 heavy (non-hydrogen) atoms. The quantitative estimate of drug-likeness (QED) is 0.742. The maximum atomic E-state index is 12.6. The average Bonchev–Trinajstić information content (AvgIpc) is 3.42. The first-order valence-electron chi connectivity index (χ1n) is 10.2. The smallest absolute Gasteiger partial charge is 0.261 e. The Morgan fingerprint density at radius 1 is 1.00 bits per heavy atom. The minimum atomic E-state index is -0.421. The fourth-order valence-corrected chi connectivity index (χ4v) is 4.16. The summed E-state index contributed by atoms with van der Waals surface area (Å²) in [6.07, 6.45) is 3.86. The van der Waals surface area contributed by atoms with Crippen LogP contribution < -0.4 is 10.1 Å². The van der Waals surface area contributed by atoms with E-state index in [-0.39, 0.29) is 18.0 Å². The van der Waals surface area contributed by atoms with Crippen molar-refractivity contribution in [2.24, 2.45) is 0 Å². The van der Waals surface area contributed by atoms with E-state index in [1.807, 2.05) is 54.6 Å². The highest BCUT2D eigenvalue weighted by Crippen LogP contribution is 2.30. The minimum absolute atomic E-state index is 0.0186. The predicted octanol–water partition coefficient (Wildman–Crippen LogP) is 2.94. The lowest BCUT2D eigenvalue weighted by Gasteiger charge is -2.28. The molecule has 1 unspecified atom stereocenters. The van der Waals surface area contributed by atoms with E-state index in [9.17, 15) is 4.79 Å². The first-order valence-corrected chi connectivity index (χ1v) is 10.2. The van der Waals surface area contributed by atoms with Crippen molar-refractivity contribution < 1.29 is 9.53 Å². The summed E-state index contributed by atoms with van der Waals surface area (Å²) < 4.78 is 5.80. The summed E-state index contributed by atoms with van der Waals surface area (Å²) in [5, 5.41) is 16.2. The first kappa shape index (κ1) is 17.8. The van der Waals surface area contributed by atoms with Crippen molar-refractivity contribution in [3.63, 3.8) is 0 Å². The van der Waals surface area contributed by atoms with Gasteiger partial charge < -0.3 is 10.1 Å². The molecule has 148 valence electrons. The molecule has 1 fully saturated rings. The van der Waals surface area contributed by atoms with Gasteiger partial charge in [-0.1, -0.05) is 48.5 Å². The lowest BCUT2D eigenvalue weighted by Crippen LogP contribution is -2.44. The Hall–Kier alpha value is -3.22. The van der Waals surface area contributed by atoms with Gasteiger partial charge in [0.1, 0.15) is 5.75 Å². The molecular formula is C22H23N5O2. The van der Waals surface area contributed by atoms with Gasteiger partial charge in [0.2, 0.25) is 5.82 Å². The molecule has 7 nitrogen and oxygen atoms in total. The molecule has 3 aromatic rings. The van der Waals surface area contributed by atoms with Crippen LogP contribution in [0.4, 0.5) is 0 Å². The highest BCUT2D eigenvalue weighted by Gasteiger charge is 2.32. The molecule has 1 saturated carbocycles. The molecule has 1 aromatic heterocycles. The average molecular weight is 389 g/mol. The van der Waals surface area contributed by atoms with Crippen molar-refractivity contribution in [3.8, 4) is 17.1 Å². The number of carbonyl (C=O) groups excluding carboxylic acids is 1. The Morgan fingerprint density at radius 2 is 1.76 bits per heavy atom. The number of benzene rings is 2. The van der Waals surface area contributed by atoms with Gasteiger partial charge in [-0.15, -0.1) is 10.2 Å². The van der Waals surface area contributed by atoms with Gasteiger partial charge in [0.05, 0.1) is 6.04 Å². The summed E-state index contributed by atoms with van der Waals surface area (Å²) >= 11 is 0. The van der Waals surface area contributed by atoms with E-state index in [1.54, 1.807) is 4.80 Å². The van der Waals surface area contributed by atoms with E-state index >= 15 is 0 Å². The number of rotatable bonds is 4. The second-order valence-corrected chi connectivity index (χ2v) is 7.73. The van der Waals surface area contributed by atoms with Gasteiger partial charge in [-0.05, 0) is 42.5 Å². The molecule has 2 heterocycles. The number of aromatic nitrogens is 4. The van der Waals surface area contributed by atoms with Gasteiger partial charge in [0.15, 0.2) is 6.10 Å². The fraction of sp³-hybridized carbons (Fsp3) is 0.364. The van der Waals surface area contributed by atoms with Gasteiger partial charge in [-0.25, -0.2) is 0 Å². The topological polar surface area (TPSA) is 81.9 Å². The summed E-state index contributed by atoms with van der Waals surface area (Å²) in [5.74, 6) is 1.46. The van der Waals surface area contributed by atoms with Crippen molar-refractivity contribution in [2.75, 3.05) is 0 Å². The largest absolute Gasteiger partial charge is 0.480 e. The minimum Gasteiger partial charge on any atom is -0.480 e. The summed E-state index contributed by atoms with van der Waals surface area (Å²) in [7, 11) is 0. The second-order valence-electron chi connectivity index (χ2n) is 7.73. The predicted molar refractivity (Wildman–Crippen MR) is 107 cm³/mol. The SMILES string of the molecule is O=C(NC1CCC(n2nnc(-c3ccccc3)n2)CC1)C1Cc2ccccc2O1. The Labute approximate surface area is 169 Å². The number of fused-ring (bicyclic) bond motifs is 1.